The van der Waals surface area contributed by atoms with Gasteiger partial charge >= 0.3 is 5.97 Å². The molecule has 0 aromatic heterocycles. The predicted octanol–water partition coefficient (Wildman–Crippen LogP) is 2.48. The molecule has 0 bridgehead atoms. The summed E-state index contributed by atoms with van der Waals surface area (Å²) in [7, 11) is 1.71. The van der Waals surface area contributed by atoms with Crippen LogP contribution in [0.2, 0.25) is 0 Å². The quantitative estimate of drug-likeness (QED) is 0.844. The van der Waals surface area contributed by atoms with E-state index in [0.29, 0.717) is 4.90 Å². The molecular weight excluding hydrogens is 269 g/mol. The summed E-state index contributed by atoms with van der Waals surface area (Å²) in [6.07, 6.45) is 0. The van der Waals surface area contributed by atoms with E-state index >= 15 is 0 Å². The van der Waals surface area contributed by atoms with Crippen LogP contribution in [0.1, 0.15) is 24.2 Å². The Bertz CT molecular complexity index is 491. The third-order valence-electron chi connectivity index (χ3n) is 2.70. The molecule has 1 N–H and O–H groups in total. The van der Waals surface area contributed by atoms with E-state index < -0.39 is 11.8 Å². The number of thioether (sulfide) groups is 1. The van der Waals surface area contributed by atoms with E-state index in [1.165, 1.54) is 23.9 Å². The molecule has 0 spiro atoms. The van der Waals surface area contributed by atoms with Crippen molar-refractivity contribution in [3.8, 4) is 0 Å². The van der Waals surface area contributed by atoms with Crippen molar-refractivity contribution in [1.82, 2.24) is 4.90 Å². The van der Waals surface area contributed by atoms with E-state index in [1.54, 1.807) is 11.9 Å². The van der Waals surface area contributed by atoms with Gasteiger partial charge in [0.2, 0.25) is 5.91 Å². The number of hydrogen-bond acceptors (Lipinski definition) is 3. The van der Waals surface area contributed by atoms with Gasteiger partial charge in [-0.05, 0) is 32.0 Å². The highest BCUT2D eigenvalue weighted by Crippen LogP contribution is 2.21. The molecule has 0 aliphatic carbocycles. The first kappa shape index (κ1) is 15.5. The number of rotatable bonds is 5. The van der Waals surface area contributed by atoms with Crippen molar-refractivity contribution in [3.63, 3.8) is 0 Å². The summed E-state index contributed by atoms with van der Waals surface area (Å²) in [5, 5.41) is 8.80. The molecule has 0 unspecified atom stereocenters. The summed E-state index contributed by atoms with van der Waals surface area (Å²) in [5.74, 6) is -1.95. The number of amides is 1. The first-order chi connectivity index (χ1) is 8.82. The van der Waals surface area contributed by atoms with Gasteiger partial charge in [0.1, 0.15) is 5.82 Å². The van der Waals surface area contributed by atoms with Crippen molar-refractivity contribution in [3.05, 3.63) is 29.6 Å². The summed E-state index contributed by atoms with van der Waals surface area (Å²) in [4.78, 5) is 24.7. The van der Waals surface area contributed by atoms with E-state index in [-0.39, 0.29) is 23.3 Å². The van der Waals surface area contributed by atoms with Crippen LogP contribution in [-0.4, -0.2) is 40.7 Å². The normalized spacial score (nSPS) is 10.6. The van der Waals surface area contributed by atoms with Gasteiger partial charge in [0.15, 0.2) is 0 Å². The largest absolute Gasteiger partial charge is 0.478 e. The van der Waals surface area contributed by atoms with Gasteiger partial charge in [-0.1, -0.05) is 0 Å². The number of aromatic carboxylic acids is 1. The van der Waals surface area contributed by atoms with Gasteiger partial charge in [-0.2, -0.15) is 0 Å². The van der Waals surface area contributed by atoms with E-state index in [0.717, 1.165) is 6.07 Å². The van der Waals surface area contributed by atoms with Gasteiger partial charge in [-0.25, -0.2) is 9.18 Å². The topological polar surface area (TPSA) is 57.6 Å². The lowest BCUT2D eigenvalue weighted by atomic mass is 10.2. The van der Waals surface area contributed by atoms with Crippen molar-refractivity contribution < 1.29 is 19.1 Å². The minimum absolute atomic E-state index is 0.0544. The monoisotopic (exact) mass is 285 g/mol. The van der Waals surface area contributed by atoms with Crippen LogP contribution in [-0.2, 0) is 4.79 Å². The molecule has 0 saturated carbocycles. The van der Waals surface area contributed by atoms with Crippen LogP contribution in [0.3, 0.4) is 0 Å². The Morgan fingerprint density at radius 1 is 1.42 bits per heavy atom. The SMILES string of the molecule is CC(C)N(C)C(=O)CSc1ccc(F)c(C(=O)O)c1. The number of hydrogen-bond donors (Lipinski definition) is 1. The van der Waals surface area contributed by atoms with Crippen LogP contribution in [0.4, 0.5) is 4.39 Å². The third-order valence-corrected chi connectivity index (χ3v) is 3.68. The van der Waals surface area contributed by atoms with Crippen molar-refractivity contribution in [2.45, 2.75) is 24.8 Å². The van der Waals surface area contributed by atoms with E-state index in [2.05, 4.69) is 0 Å². The lowest BCUT2D eigenvalue weighted by Gasteiger charge is -2.21. The number of carboxylic acid groups (broad SMARTS) is 1. The number of nitrogens with zero attached hydrogens (tertiary/aromatic N) is 1. The lowest BCUT2D eigenvalue weighted by Crippen LogP contribution is -2.34. The maximum Gasteiger partial charge on any atom is 0.338 e. The van der Waals surface area contributed by atoms with Crippen LogP contribution in [0.15, 0.2) is 23.1 Å². The highest BCUT2D eigenvalue weighted by molar-refractivity contribution is 8.00. The minimum atomic E-state index is -1.31. The first-order valence-corrected chi connectivity index (χ1v) is 6.72. The Morgan fingerprint density at radius 3 is 2.58 bits per heavy atom. The predicted molar refractivity (Wildman–Crippen MR) is 72.0 cm³/mol. The summed E-state index contributed by atoms with van der Waals surface area (Å²) in [6.45, 7) is 3.81. The van der Waals surface area contributed by atoms with Crippen LogP contribution in [0, 0.1) is 5.82 Å². The third kappa shape index (κ3) is 4.24. The average molecular weight is 285 g/mol. The fourth-order valence-corrected chi connectivity index (χ4v) is 2.15. The molecule has 6 heteroatoms. The van der Waals surface area contributed by atoms with Gasteiger partial charge in [0.05, 0.1) is 11.3 Å². The Morgan fingerprint density at radius 2 is 2.05 bits per heavy atom. The smallest absolute Gasteiger partial charge is 0.338 e. The molecule has 1 aromatic carbocycles. The highest BCUT2D eigenvalue weighted by atomic mass is 32.2. The lowest BCUT2D eigenvalue weighted by molar-refractivity contribution is -0.128. The van der Waals surface area contributed by atoms with E-state index in [9.17, 15) is 14.0 Å². The first-order valence-electron chi connectivity index (χ1n) is 5.74. The standard InChI is InChI=1S/C13H16FNO3S/c1-8(2)15(3)12(16)7-19-9-4-5-11(14)10(6-9)13(17)18/h4-6,8H,7H2,1-3H3,(H,17,18). The molecule has 0 fully saturated rings. The summed E-state index contributed by atoms with van der Waals surface area (Å²) in [6, 6.07) is 3.92. The molecule has 4 nitrogen and oxygen atoms in total. The fourth-order valence-electron chi connectivity index (χ4n) is 1.29. The maximum absolute atomic E-state index is 13.2. The number of benzene rings is 1. The second-order valence-electron chi connectivity index (χ2n) is 4.33. The van der Waals surface area contributed by atoms with Crippen molar-refractivity contribution >= 4 is 23.6 Å². The molecule has 19 heavy (non-hydrogen) atoms. The zero-order chi connectivity index (χ0) is 14.6. The number of carboxylic acids is 1. The second kappa shape index (κ2) is 6.56. The molecule has 104 valence electrons. The number of halogens is 1. The van der Waals surface area contributed by atoms with Gasteiger partial charge in [-0.3, -0.25) is 4.79 Å². The molecule has 0 aliphatic heterocycles. The molecule has 1 rings (SSSR count). The van der Waals surface area contributed by atoms with Gasteiger partial charge < -0.3 is 10.0 Å². The Balaban J connectivity index is 2.71. The van der Waals surface area contributed by atoms with Crippen LogP contribution in [0.25, 0.3) is 0 Å². The molecule has 0 heterocycles. The molecule has 1 amide bonds. The molecule has 1 aromatic rings. The molecule has 0 aliphatic rings. The second-order valence-corrected chi connectivity index (χ2v) is 5.38. The maximum atomic E-state index is 13.2. The zero-order valence-electron chi connectivity index (χ0n) is 11.0. The summed E-state index contributed by atoms with van der Waals surface area (Å²) in [5.41, 5.74) is -0.380. The van der Waals surface area contributed by atoms with Crippen LogP contribution < -0.4 is 0 Å². The van der Waals surface area contributed by atoms with Gasteiger partial charge in [0, 0.05) is 18.0 Å². The Kier molecular flexibility index (Phi) is 5.35. The number of carbonyl (C=O) groups excluding carboxylic acids is 1. The van der Waals surface area contributed by atoms with Gasteiger partial charge in [0.25, 0.3) is 0 Å². The number of carbonyl (C=O) groups is 2. The summed E-state index contributed by atoms with van der Waals surface area (Å²) >= 11 is 1.19. The Hall–Kier alpha value is -1.56. The zero-order valence-corrected chi connectivity index (χ0v) is 11.8. The molecule has 0 radical (unpaired) electrons. The van der Waals surface area contributed by atoms with E-state index in [1.807, 2.05) is 13.8 Å². The van der Waals surface area contributed by atoms with E-state index in [4.69, 9.17) is 5.11 Å². The highest BCUT2D eigenvalue weighted by Gasteiger charge is 2.14. The van der Waals surface area contributed by atoms with Crippen molar-refractivity contribution in [2.75, 3.05) is 12.8 Å². The minimum Gasteiger partial charge on any atom is -0.478 e. The molecular formula is C13H16FNO3S. The Labute approximate surface area is 115 Å². The fraction of sp³-hybridized carbons (Fsp3) is 0.385. The average Bonchev–Trinajstić information content (AvgIpc) is 2.35. The molecule has 0 atom stereocenters. The van der Waals surface area contributed by atoms with Crippen LogP contribution >= 0.6 is 11.8 Å². The summed E-state index contributed by atoms with van der Waals surface area (Å²) < 4.78 is 13.2. The molecule has 0 saturated heterocycles. The van der Waals surface area contributed by atoms with Crippen molar-refractivity contribution in [1.29, 1.82) is 0 Å². The van der Waals surface area contributed by atoms with Crippen molar-refractivity contribution in [2.24, 2.45) is 0 Å². The van der Waals surface area contributed by atoms with Crippen LogP contribution in [0.5, 0.6) is 0 Å². The van der Waals surface area contributed by atoms with Gasteiger partial charge in [-0.15, -0.1) is 11.8 Å².